The predicted molar refractivity (Wildman–Crippen MR) is 63.9 cm³/mol. The monoisotopic (exact) mass is 210 g/mol. The molecule has 0 aliphatic rings. The maximum Gasteiger partial charge on any atom is 0.0585 e. The maximum absolute atomic E-state index is 6.29. The van der Waals surface area contributed by atoms with E-state index in [9.17, 15) is 0 Å². The van der Waals surface area contributed by atoms with Gasteiger partial charge >= 0.3 is 0 Å². The Bertz CT molecular complexity index is 250. The van der Waals surface area contributed by atoms with Gasteiger partial charge in [0.25, 0.3) is 0 Å². The highest BCUT2D eigenvalue weighted by Gasteiger charge is 2.06. The maximum atomic E-state index is 6.29. The van der Waals surface area contributed by atoms with Gasteiger partial charge < -0.3 is 0 Å². The normalized spacial score (nSPS) is 12.8. The first-order chi connectivity index (χ1) is 6.74. The fourth-order valence-corrected chi connectivity index (χ4v) is 1.82. The first-order valence-corrected chi connectivity index (χ1v) is 5.88. The van der Waals surface area contributed by atoms with Crippen LogP contribution in [0.4, 0.5) is 0 Å². The second-order valence-electron chi connectivity index (χ2n) is 3.87. The number of benzene rings is 1. The number of aryl methyl sites for hydroxylation is 1. The Balaban J connectivity index is 2.43. The van der Waals surface area contributed by atoms with Gasteiger partial charge in [0.1, 0.15) is 0 Å². The molecule has 1 atom stereocenters. The Morgan fingerprint density at radius 3 is 2.36 bits per heavy atom. The van der Waals surface area contributed by atoms with Crippen LogP contribution in [-0.4, -0.2) is 0 Å². The van der Waals surface area contributed by atoms with Gasteiger partial charge in [0.2, 0.25) is 0 Å². The van der Waals surface area contributed by atoms with Gasteiger partial charge in [0, 0.05) is 0 Å². The first kappa shape index (κ1) is 11.6. The van der Waals surface area contributed by atoms with E-state index in [1.165, 1.54) is 30.4 Å². The van der Waals surface area contributed by atoms with Crippen LogP contribution in [0.15, 0.2) is 24.3 Å². The highest BCUT2D eigenvalue weighted by molar-refractivity contribution is 6.20. The zero-order valence-electron chi connectivity index (χ0n) is 9.09. The fourth-order valence-electron chi connectivity index (χ4n) is 1.52. The summed E-state index contributed by atoms with van der Waals surface area (Å²) in [6.45, 7) is 4.32. The minimum absolute atomic E-state index is 0.196. The number of hydrogen-bond acceptors (Lipinski definition) is 0. The van der Waals surface area contributed by atoms with Crippen LogP contribution in [0.2, 0.25) is 0 Å². The SMILES string of the molecule is CCCCCC(Cl)c1ccc(C)cc1. The van der Waals surface area contributed by atoms with E-state index in [-0.39, 0.29) is 5.38 Å². The Kier molecular flexibility index (Phi) is 5.03. The van der Waals surface area contributed by atoms with E-state index in [2.05, 4.69) is 38.1 Å². The minimum Gasteiger partial charge on any atom is -0.118 e. The zero-order chi connectivity index (χ0) is 10.4. The smallest absolute Gasteiger partial charge is 0.0585 e. The van der Waals surface area contributed by atoms with E-state index in [1.807, 2.05) is 0 Å². The number of unbranched alkanes of at least 4 members (excludes halogenated alkanes) is 2. The molecule has 0 N–H and O–H groups in total. The van der Waals surface area contributed by atoms with E-state index in [4.69, 9.17) is 11.6 Å². The van der Waals surface area contributed by atoms with Crippen LogP contribution < -0.4 is 0 Å². The average molecular weight is 211 g/mol. The molecule has 0 fully saturated rings. The van der Waals surface area contributed by atoms with Crippen molar-refractivity contribution < 1.29 is 0 Å². The minimum atomic E-state index is 0.196. The molecule has 1 rings (SSSR count). The van der Waals surface area contributed by atoms with E-state index in [1.54, 1.807) is 0 Å². The van der Waals surface area contributed by atoms with Crippen LogP contribution in [-0.2, 0) is 0 Å². The molecule has 14 heavy (non-hydrogen) atoms. The molecule has 78 valence electrons. The van der Waals surface area contributed by atoms with Gasteiger partial charge in [-0.25, -0.2) is 0 Å². The lowest BCUT2D eigenvalue weighted by atomic mass is 10.0. The Hall–Kier alpha value is -0.490. The third-order valence-electron chi connectivity index (χ3n) is 2.50. The van der Waals surface area contributed by atoms with Crippen LogP contribution >= 0.6 is 11.6 Å². The van der Waals surface area contributed by atoms with Gasteiger partial charge in [-0.2, -0.15) is 0 Å². The molecule has 0 aliphatic carbocycles. The molecule has 0 aliphatic heterocycles. The summed E-state index contributed by atoms with van der Waals surface area (Å²) >= 11 is 6.29. The van der Waals surface area contributed by atoms with E-state index < -0.39 is 0 Å². The third-order valence-corrected chi connectivity index (χ3v) is 2.97. The topological polar surface area (TPSA) is 0 Å². The summed E-state index contributed by atoms with van der Waals surface area (Å²) in [7, 11) is 0. The Labute approximate surface area is 92.3 Å². The van der Waals surface area contributed by atoms with Gasteiger partial charge in [0.05, 0.1) is 5.38 Å². The van der Waals surface area contributed by atoms with Crippen molar-refractivity contribution in [1.29, 1.82) is 0 Å². The second-order valence-corrected chi connectivity index (χ2v) is 4.40. The first-order valence-electron chi connectivity index (χ1n) is 5.44. The van der Waals surface area contributed by atoms with E-state index in [0.717, 1.165) is 6.42 Å². The van der Waals surface area contributed by atoms with Crippen LogP contribution in [0.3, 0.4) is 0 Å². The van der Waals surface area contributed by atoms with Crippen molar-refractivity contribution in [2.75, 3.05) is 0 Å². The number of halogens is 1. The third kappa shape index (κ3) is 3.71. The molecule has 1 heteroatoms. The molecule has 0 saturated carbocycles. The molecule has 0 amide bonds. The van der Waals surface area contributed by atoms with Crippen molar-refractivity contribution in [3.05, 3.63) is 35.4 Å². The lowest BCUT2D eigenvalue weighted by Gasteiger charge is -2.09. The molecular formula is C13H19Cl. The Morgan fingerprint density at radius 1 is 1.14 bits per heavy atom. The molecule has 1 aromatic carbocycles. The highest BCUT2D eigenvalue weighted by atomic mass is 35.5. The quantitative estimate of drug-likeness (QED) is 0.481. The molecular weight excluding hydrogens is 192 g/mol. The molecule has 0 radical (unpaired) electrons. The van der Waals surface area contributed by atoms with Crippen LogP contribution in [0.25, 0.3) is 0 Å². The van der Waals surface area contributed by atoms with E-state index >= 15 is 0 Å². The van der Waals surface area contributed by atoms with Gasteiger partial charge in [-0.15, -0.1) is 11.6 Å². The highest BCUT2D eigenvalue weighted by Crippen LogP contribution is 2.26. The number of rotatable bonds is 5. The second kappa shape index (κ2) is 6.08. The zero-order valence-corrected chi connectivity index (χ0v) is 9.85. The Morgan fingerprint density at radius 2 is 1.79 bits per heavy atom. The molecule has 0 aromatic heterocycles. The van der Waals surface area contributed by atoms with Gasteiger partial charge in [-0.1, -0.05) is 56.0 Å². The molecule has 0 nitrogen and oxygen atoms in total. The molecule has 0 bridgehead atoms. The molecule has 1 unspecified atom stereocenters. The summed E-state index contributed by atoms with van der Waals surface area (Å²) in [5.74, 6) is 0. The summed E-state index contributed by atoms with van der Waals surface area (Å²) in [4.78, 5) is 0. The van der Waals surface area contributed by atoms with E-state index in [0.29, 0.717) is 0 Å². The van der Waals surface area contributed by atoms with Crippen molar-refractivity contribution in [3.63, 3.8) is 0 Å². The molecule has 0 saturated heterocycles. The van der Waals surface area contributed by atoms with Crippen molar-refractivity contribution in [2.45, 2.75) is 44.9 Å². The molecule has 1 aromatic rings. The average Bonchev–Trinajstić information content (AvgIpc) is 2.19. The summed E-state index contributed by atoms with van der Waals surface area (Å²) < 4.78 is 0. The largest absolute Gasteiger partial charge is 0.118 e. The summed E-state index contributed by atoms with van der Waals surface area (Å²) in [6, 6.07) is 8.53. The molecule has 0 spiro atoms. The fraction of sp³-hybridized carbons (Fsp3) is 0.538. The predicted octanol–water partition coefficient (Wildman–Crippen LogP) is 4.86. The molecule has 0 heterocycles. The van der Waals surface area contributed by atoms with Crippen LogP contribution in [0, 0.1) is 6.92 Å². The van der Waals surface area contributed by atoms with Crippen molar-refractivity contribution in [1.82, 2.24) is 0 Å². The van der Waals surface area contributed by atoms with Gasteiger partial charge in [-0.05, 0) is 18.9 Å². The van der Waals surface area contributed by atoms with Crippen molar-refractivity contribution in [2.24, 2.45) is 0 Å². The van der Waals surface area contributed by atoms with Crippen LogP contribution in [0.5, 0.6) is 0 Å². The van der Waals surface area contributed by atoms with Crippen molar-refractivity contribution in [3.8, 4) is 0 Å². The number of hydrogen-bond donors (Lipinski definition) is 0. The summed E-state index contributed by atoms with van der Waals surface area (Å²) in [6.07, 6.45) is 4.88. The van der Waals surface area contributed by atoms with Crippen molar-refractivity contribution >= 4 is 11.6 Å². The van der Waals surface area contributed by atoms with Gasteiger partial charge in [-0.3, -0.25) is 0 Å². The summed E-state index contributed by atoms with van der Waals surface area (Å²) in [5, 5.41) is 0.196. The van der Waals surface area contributed by atoms with Crippen LogP contribution in [0.1, 0.15) is 49.1 Å². The lowest BCUT2D eigenvalue weighted by molar-refractivity contribution is 0.655. The summed E-state index contributed by atoms with van der Waals surface area (Å²) in [5.41, 5.74) is 2.56. The standard InChI is InChI=1S/C13H19Cl/c1-3-4-5-6-13(14)12-9-7-11(2)8-10-12/h7-10,13H,3-6H2,1-2H3. The lowest BCUT2D eigenvalue weighted by Crippen LogP contribution is -1.90. The number of alkyl halides is 1. The van der Waals surface area contributed by atoms with Gasteiger partial charge in [0.15, 0.2) is 0 Å².